The number of pyridine rings is 1. The summed E-state index contributed by atoms with van der Waals surface area (Å²) in [6, 6.07) is 5.56. The van der Waals surface area contributed by atoms with E-state index in [9.17, 15) is 22.8 Å². The average Bonchev–Trinajstić information content (AvgIpc) is 2.46. The fraction of sp³-hybridized carbons (Fsp3) is 0.200. The number of amides is 1. The fourth-order valence-corrected chi connectivity index (χ4v) is 1.95. The van der Waals surface area contributed by atoms with Gasteiger partial charge in [-0.25, -0.2) is 0 Å². The maximum absolute atomic E-state index is 12.8. The lowest BCUT2D eigenvalue weighted by atomic mass is 10.1. The summed E-state index contributed by atoms with van der Waals surface area (Å²) >= 11 is 0. The summed E-state index contributed by atoms with van der Waals surface area (Å²) in [5.74, 6) is -0.622. The number of hydrogen-bond donors (Lipinski definition) is 2. The molecule has 2 aromatic rings. The minimum atomic E-state index is -4.51. The number of carbonyl (C=O) groups is 1. The predicted octanol–water partition coefficient (Wildman–Crippen LogP) is 2.71. The zero-order chi connectivity index (χ0) is 17.2. The summed E-state index contributed by atoms with van der Waals surface area (Å²) in [6.07, 6.45) is -3.32. The van der Waals surface area contributed by atoms with E-state index < -0.39 is 17.6 Å². The van der Waals surface area contributed by atoms with E-state index in [4.69, 9.17) is 0 Å². The second-order valence-corrected chi connectivity index (χ2v) is 5.02. The van der Waals surface area contributed by atoms with E-state index in [1.165, 1.54) is 18.3 Å². The van der Waals surface area contributed by atoms with E-state index in [2.05, 4.69) is 10.3 Å². The van der Waals surface area contributed by atoms with Gasteiger partial charge in [-0.2, -0.15) is 13.2 Å². The van der Waals surface area contributed by atoms with Crippen LogP contribution >= 0.6 is 0 Å². The number of carbonyl (C=O) groups excluding carboxylic acids is 1. The zero-order valence-corrected chi connectivity index (χ0v) is 12.4. The lowest BCUT2D eigenvalue weighted by Gasteiger charge is -2.19. The van der Waals surface area contributed by atoms with Crippen LogP contribution in [0.2, 0.25) is 0 Å². The van der Waals surface area contributed by atoms with Crippen molar-refractivity contribution in [3.05, 3.63) is 58.0 Å². The molecule has 1 heterocycles. The topological polar surface area (TPSA) is 65.2 Å². The summed E-state index contributed by atoms with van der Waals surface area (Å²) in [4.78, 5) is 27.0. The maximum Gasteiger partial charge on any atom is 0.416 e. The Bertz CT molecular complexity index is 762. The highest BCUT2D eigenvalue weighted by atomic mass is 19.4. The van der Waals surface area contributed by atoms with Gasteiger partial charge in [-0.05, 0) is 24.3 Å². The minimum absolute atomic E-state index is 0.0287. The molecule has 0 bridgehead atoms. The molecule has 0 aliphatic carbocycles. The van der Waals surface area contributed by atoms with Crippen molar-refractivity contribution in [1.29, 1.82) is 0 Å². The van der Waals surface area contributed by atoms with E-state index >= 15 is 0 Å². The third-order valence-corrected chi connectivity index (χ3v) is 3.10. The van der Waals surface area contributed by atoms with Crippen molar-refractivity contribution in [2.45, 2.75) is 6.18 Å². The van der Waals surface area contributed by atoms with Crippen molar-refractivity contribution < 1.29 is 18.0 Å². The zero-order valence-electron chi connectivity index (χ0n) is 12.4. The Morgan fingerprint density at radius 1 is 1.17 bits per heavy atom. The molecule has 0 saturated carbocycles. The number of alkyl halides is 3. The molecule has 0 aliphatic rings. The molecule has 23 heavy (non-hydrogen) atoms. The van der Waals surface area contributed by atoms with Crippen LogP contribution in [0.1, 0.15) is 15.9 Å². The molecule has 122 valence electrons. The van der Waals surface area contributed by atoms with E-state index in [1.807, 2.05) is 0 Å². The summed E-state index contributed by atoms with van der Waals surface area (Å²) < 4.78 is 38.5. The highest BCUT2D eigenvalue weighted by molar-refractivity contribution is 6.05. The van der Waals surface area contributed by atoms with Gasteiger partial charge in [0.15, 0.2) is 0 Å². The van der Waals surface area contributed by atoms with E-state index in [0.717, 1.165) is 18.2 Å². The Balaban J connectivity index is 2.38. The number of benzene rings is 1. The van der Waals surface area contributed by atoms with Gasteiger partial charge in [-0.15, -0.1) is 0 Å². The molecule has 2 rings (SSSR count). The number of nitrogens with zero attached hydrogens (tertiary/aromatic N) is 1. The van der Waals surface area contributed by atoms with E-state index in [-0.39, 0.29) is 16.8 Å². The van der Waals surface area contributed by atoms with E-state index in [1.54, 1.807) is 19.0 Å². The van der Waals surface area contributed by atoms with Crippen LogP contribution in [0.4, 0.5) is 24.5 Å². The van der Waals surface area contributed by atoms with Crippen molar-refractivity contribution >= 4 is 17.3 Å². The number of nitrogens with one attached hydrogen (secondary N) is 2. The first-order valence-corrected chi connectivity index (χ1v) is 6.57. The number of aromatic nitrogens is 1. The van der Waals surface area contributed by atoms with Crippen LogP contribution in [-0.2, 0) is 6.18 Å². The van der Waals surface area contributed by atoms with Crippen LogP contribution in [0.3, 0.4) is 0 Å². The van der Waals surface area contributed by atoms with Crippen LogP contribution in [0.5, 0.6) is 0 Å². The third kappa shape index (κ3) is 3.91. The molecule has 1 aromatic heterocycles. The summed E-state index contributed by atoms with van der Waals surface area (Å²) in [7, 11) is 3.30. The number of rotatable bonds is 3. The van der Waals surface area contributed by atoms with Gasteiger partial charge in [-0.3, -0.25) is 9.59 Å². The smallest absolute Gasteiger partial charge is 0.376 e. The van der Waals surface area contributed by atoms with Crippen LogP contribution in [0, 0.1) is 0 Å². The molecule has 0 atom stereocenters. The van der Waals surface area contributed by atoms with Crippen molar-refractivity contribution in [1.82, 2.24) is 4.98 Å². The molecule has 0 saturated heterocycles. The fourth-order valence-electron chi connectivity index (χ4n) is 1.95. The Labute approximate surface area is 129 Å². The molecule has 0 fully saturated rings. The quantitative estimate of drug-likeness (QED) is 0.912. The van der Waals surface area contributed by atoms with Gasteiger partial charge < -0.3 is 15.2 Å². The number of anilines is 2. The first-order chi connectivity index (χ1) is 10.7. The second-order valence-electron chi connectivity index (χ2n) is 5.02. The average molecular weight is 325 g/mol. The molecule has 0 aliphatic heterocycles. The largest absolute Gasteiger partial charge is 0.416 e. The van der Waals surface area contributed by atoms with Crippen molar-refractivity contribution in [3.8, 4) is 0 Å². The predicted molar refractivity (Wildman–Crippen MR) is 80.8 cm³/mol. The second kappa shape index (κ2) is 6.15. The highest BCUT2D eigenvalue weighted by Gasteiger charge is 2.31. The van der Waals surface area contributed by atoms with Crippen molar-refractivity contribution in [3.63, 3.8) is 0 Å². The lowest BCUT2D eigenvalue weighted by Crippen LogP contribution is -2.19. The Morgan fingerprint density at radius 2 is 1.87 bits per heavy atom. The Morgan fingerprint density at radius 3 is 2.39 bits per heavy atom. The van der Waals surface area contributed by atoms with Gasteiger partial charge in [-0.1, -0.05) is 0 Å². The van der Waals surface area contributed by atoms with Gasteiger partial charge in [0.05, 0.1) is 22.5 Å². The first kappa shape index (κ1) is 16.6. The monoisotopic (exact) mass is 325 g/mol. The normalized spacial score (nSPS) is 11.2. The summed E-state index contributed by atoms with van der Waals surface area (Å²) in [6.45, 7) is 0. The molecule has 2 N–H and O–H groups in total. The van der Waals surface area contributed by atoms with Gasteiger partial charge in [0.2, 0.25) is 5.56 Å². The van der Waals surface area contributed by atoms with Gasteiger partial charge in [0.25, 0.3) is 5.91 Å². The van der Waals surface area contributed by atoms with Crippen LogP contribution < -0.4 is 15.8 Å². The van der Waals surface area contributed by atoms with Gasteiger partial charge >= 0.3 is 6.18 Å². The summed E-state index contributed by atoms with van der Waals surface area (Å²) in [5.41, 5.74) is -0.655. The SMILES string of the molecule is CN(C)c1ccc(C(F)(F)F)cc1NC(=O)c1ccc(=O)[nH]c1. The van der Waals surface area contributed by atoms with Crippen LogP contribution in [0.15, 0.2) is 41.3 Å². The lowest BCUT2D eigenvalue weighted by molar-refractivity contribution is -0.137. The first-order valence-electron chi connectivity index (χ1n) is 6.57. The number of H-pyrrole nitrogens is 1. The Kier molecular flexibility index (Phi) is 4.44. The highest BCUT2D eigenvalue weighted by Crippen LogP contribution is 2.35. The molecular weight excluding hydrogens is 311 g/mol. The Hall–Kier alpha value is -2.77. The molecule has 0 radical (unpaired) electrons. The van der Waals surface area contributed by atoms with Gasteiger partial charge in [0, 0.05) is 26.4 Å². The molecule has 5 nitrogen and oxygen atoms in total. The molecular formula is C15H14F3N3O2. The van der Waals surface area contributed by atoms with Crippen LogP contribution in [0.25, 0.3) is 0 Å². The minimum Gasteiger partial charge on any atom is -0.376 e. The number of hydrogen-bond acceptors (Lipinski definition) is 3. The standard InChI is InChI=1S/C15H14F3N3O2/c1-21(2)12-5-4-10(15(16,17)18)7-11(12)20-14(23)9-3-6-13(22)19-8-9/h3-8H,1-2H3,(H,19,22)(H,20,23). The van der Waals surface area contributed by atoms with Crippen molar-refractivity contribution in [2.24, 2.45) is 0 Å². The molecule has 1 aromatic carbocycles. The molecule has 1 amide bonds. The molecule has 0 spiro atoms. The van der Waals surface area contributed by atoms with Crippen molar-refractivity contribution in [2.75, 3.05) is 24.3 Å². The van der Waals surface area contributed by atoms with Crippen LogP contribution in [-0.4, -0.2) is 25.0 Å². The van der Waals surface area contributed by atoms with Gasteiger partial charge in [0.1, 0.15) is 0 Å². The number of halogens is 3. The molecule has 0 unspecified atom stereocenters. The maximum atomic E-state index is 12.8. The van der Waals surface area contributed by atoms with E-state index in [0.29, 0.717) is 5.69 Å². The third-order valence-electron chi connectivity index (χ3n) is 3.10. The summed E-state index contributed by atoms with van der Waals surface area (Å²) in [5, 5.41) is 2.44. The molecule has 8 heteroatoms. The number of aromatic amines is 1.